The monoisotopic (exact) mass is 1430 g/mol. The largest absolute Gasteiger partial charge is 0.361 e. The molecule has 4 saturated carbocycles. The molecule has 0 radical (unpaired) electrons. The molecule has 4 aliphatic rings. The maximum Gasteiger partial charge on any atom is 0.141 e. The molecule has 0 amide bonds. The van der Waals surface area contributed by atoms with E-state index in [1.807, 2.05) is 86.1 Å². The fraction of sp³-hybridized carbons (Fsp3) is 0.281. The van der Waals surface area contributed by atoms with Gasteiger partial charge < -0.3 is 42.6 Å². The van der Waals surface area contributed by atoms with Crippen LogP contribution in [-0.2, 0) is 7.05 Å². The number of benzene rings is 6. The molecule has 0 unspecified atom stereocenters. The van der Waals surface area contributed by atoms with E-state index in [0.717, 1.165) is 191 Å². The van der Waals surface area contributed by atoms with Crippen LogP contribution in [0.25, 0.3) is 144 Å². The number of pyridine rings is 2. The summed E-state index contributed by atoms with van der Waals surface area (Å²) >= 11 is 0. The van der Waals surface area contributed by atoms with Gasteiger partial charge in [0.1, 0.15) is 46.3 Å². The lowest BCUT2D eigenvalue weighted by Crippen LogP contribution is -1.94. The van der Waals surface area contributed by atoms with Gasteiger partial charge in [-0.1, -0.05) is 57.0 Å². The molecule has 4 aliphatic carbocycles. The van der Waals surface area contributed by atoms with E-state index in [9.17, 15) is 0 Å². The zero-order chi connectivity index (χ0) is 74.1. The minimum absolute atomic E-state index is 0.558. The van der Waals surface area contributed by atoms with Gasteiger partial charge in [-0.25, -0.2) is 19.9 Å². The van der Waals surface area contributed by atoms with Crippen molar-refractivity contribution in [2.24, 2.45) is 7.05 Å². The molecular formula is C89H85N15O4. The summed E-state index contributed by atoms with van der Waals surface area (Å²) in [5.74, 6) is 10.1. The van der Waals surface area contributed by atoms with Crippen LogP contribution >= 0.6 is 0 Å². The predicted molar refractivity (Wildman–Crippen MR) is 425 cm³/mol. The summed E-state index contributed by atoms with van der Waals surface area (Å²) in [5, 5.41) is 17.7. The Bertz CT molecular complexity index is 6100. The van der Waals surface area contributed by atoms with Crippen molar-refractivity contribution >= 4 is 55.0 Å². The van der Waals surface area contributed by atoms with Gasteiger partial charge in [0.15, 0.2) is 0 Å². The van der Waals surface area contributed by atoms with E-state index in [4.69, 9.17) is 38.0 Å². The van der Waals surface area contributed by atoms with Crippen LogP contribution in [0.4, 0.5) is 0 Å². The van der Waals surface area contributed by atoms with E-state index in [0.29, 0.717) is 23.7 Å². The highest BCUT2D eigenvalue weighted by molar-refractivity contribution is 6.06. The van der Waals surface area contributed by atoms with Gasteiger partial charge in [-0.05, 0) is 263 Å². The van der Waals surface area contributed by atoms with Gasteiger partial charge in [0.25, 0.3) is 0 Å². The molecule has 0 saturated heterocycles. The first-order valence-corrected chi connectivity index (χ1v) is 37.7. The van der Waals surface area contributed by atoms with Crippen LogP contribution in [0, 0.1) is 83.1 Å². The number of hydrogen-bond donors (Lipinski definition) is 4. The first kappa shape index (κ1) is 67.7. The van der Waals surface area contributed by atoms with Crippen LogP contribution in [-0.4, -0.2) is 75.0 Å². The lowest BCUT2D eigenvalue weighted by Gasteiger charge is -2.13. The Labute approximate surface area is 624 Å². The summed E-state index contributed by atoms with van der Waals surface area (Å²) < 4.78 is 23.9. The van der Waals surface area contributed by atoms with Gasteiger partial charge >= 0.3 is 0 Å². The van der Waals surface area contributed by atoms with Crippen molar-refractivity contribution in [3.05, 3.63) is 225 Å². The average Bonchev–Trinajstić information content (AvgIpc) is 1.42. The first-order valence-electron chi connectivity index (χ1n) is 37.7. The normalized spacial score (nSPS) is 14.3. The maximum atomic E-state index is 5.47. The Morgan fingerprint density at radius 2 is 0.750 bits per heavy atom. The van der Waals surface area contributed by atoms with Crippen molar-refractivity contribution in [1.29, 1.82) is 0 Å². The van der Waals surface area contributed by atoms with E-state index < -0.39 is 0 Å². The Balaban J connectivity index is 0.000000102. The molecule has 17 aromatic rings. The molecule has 6 aromatic carbocycles. The standard InChI is InChI=1S/C25H22N4O.C22H21N3O.C21H22N4O.C21H20N4O/c1-13-6-9-20-18(5-4-10-26-20)22(13)19-11-17(23-14(2)29-30-15(23)3)12-21-24(19)28-25(27-21)16-7-8-16;1-12-6-4-5-7-17(12)18-10-16(20-13(2)25-26-14(20)3)11-19-21(18)24-22(23-19)15-8-9-15;1-11-7-8-25(4)20(11)16-9-15(18-12(2)24-26-13(18)3)10-17-19(16)23-21(22-17)14-5-6-14;1-11-6-7-22-10-17(11)16-8-15(19-12(2)25-26-13(19)3)9-18-20(16)24-21(23-18)14-4-5-14/h4-6,9-12,16H,7-8H2,1-3H3,(H,27,28);4-7,10-11,15H,8-9H2,1-3H3,(H,23,24);7-10,14H,5-6H2,1-4H3,(H,22,23);6-10,14H,4-5H2,1-3H3,(H,23,24). The van der Waals surface area contributed by atoms with Crippen molar-refractivity contribution in [3.63, 3.8) is 0 Å². The van der Waals surface area contributed by atoms with E-state index in [1.54, 1.807) is 0 Å². The van der Waals surface area contributed by atoms with Crippen LogP contribution < -0.4 is 0 Å². The Morgan fingerprint density at radius 3 is 1.15 bits per heavy atom. The SMILES string of the molecule is Cc1ccc2ncccc2c1-c1cc(-c2c(C)noc2C)cc2[nH]c(C3CC3)nc12.Cc1ccccc1-c1cc(-c2c(C)noc2C)cc2[nH]c(C3CC3)nc12.Cc1ccn(C)c1-c1cc(-c2c(C)noc2C)cc2[nH]c(C3CC3)nc12.Cc1ccncc1-c1cc(-c2c(C)noc2C)cc2[nH]c(C3CC3)nc12. The number of aromatic nitrogens is 15. The molecule has 4 fully saturated rings. The molecule has 21 rings (SSSR count). The van der Waals surface area contributed by atoms with E-state index in [-0.39, 0.29) is 0 Å². The zero-order valence-corrected chi connectivity index (χ0v) is 63.2. The molecule has 0 aliphatic heterocycles. The van der Waals surface area contributed by atoms with Crippen LogP contribution in [0.1, 0.15) is 166 Å². The summed E-state index contributed by atoms with van der Waals surface area (Å²) in [7, 11) is 2.09. The third kappa shape index (κ3) is 12.5. The van der Waals surface area contributed by atoms with Crippen molar-refractivity contribution in [2.75, 3.05) is 0 Å². The van der Waals surface area contributed by atoms with Crippen molar-refractivity contribution in [2.45, 2.75) is 158 Å². The molecule has 11 aromatic heterocycles. The van der Waals surface area contributed by atoms with Gasteiger partial charge in [-0.3, -0.25) is 9.97 Å². The minimum atomic E-state index is 0.558. The third-order valence-electron chi connectivity index (χ3n) is 22.1. The topological polar surface area (TPSA) is 250 Å². The number of nitrogens with zero attached hydrogens (tertiary/aromatic N) is 11. The lowest BCUT2D eigenvalue weighted by atomic mass is 9.92. The first-order chi connectivity index (χ1) is 52.4. The number of fused-ring (bicyclic) bond motifs is 5. The molecule has 108 heavy (non-hydrogen) atoms. The number of rotatable bonds is 12. The fourth-order valence-electron chi connectivity index (χ4n) is 16.0. The fourth-order valence-corrected chi connectivity index (χ4v) is 16.0. The van der Waals surface area contributed by atoms with Gasteiger partial charge in [0.05, 0.1) is 78.1 Å². The predicted octanol–water partition coefficient (Wildman–Crippen LogP) is 22.0. The summed E-state index contributed by atoms with van der Waals surface area (Å²) in [4.78, 5) is 43.1. The lowest BCUT2D eigenvalue weighted by molar-refractivity contribution is 0.393. The van der Waals surface area contributed by atoms with E-state index in [2.05, 4.69) is 193 Å². The van der Waals surface area contributed by atoms with E-state index >= 15 is 0 Å². The summed E-state index contributed by atoms with van der Waals surface area (Å²) in [6, 6.07) is 38.7. The number of hydrogen-bond acceptors (Lipinski definition) is 14. The number of aromatic amines is 4. The van der Waals surface area contributed by atoms with Crippen LogP contribution in [0.3, 0.4) is 0 Å². The number of H-pyrrole nitrogens is 4. The van der Waals surface area contributed by atoms with Crippen LogP contribution in [0.15, 0.2) is 152 Å². The summed E-state index contributed by atoms with van der Waals surface area (Å²) in [6.07, 6.45) is 17.5. The second-order valence-electron chi connectivity index (χ2n) is 30.4. The quantitative estimate of drug-likeness (QED) is 0.0888. The van der Waals surface area contributed by atoms with Gasteiger partial charge in [0, 0.05) is 111 Å². The molecule has 0 bridgehead atoms. The minimum Gasteiger partial charge on any atom is -0.361 e. The Hall–Kier alpha value is -12.1. The highest BCUT2D eigenvalue weighted by atomic mass is 16.5. The maximum absolute atomic E-state index is 5.47. The molecule has 540 valence electrons. The summed E-state index contributed by atoms with van der Waals surface area (Å²) in [5.41, 5.74) is 35.9. The van der Waals surface area contributed by atoms with Crippen LogP contribution in [0.5, 0.6) is 0 Å². The van der Waals surface area contributed by atoms with E-state index in [1.165, 1.54) is 96.0 Å². The number of imidazole rings is 4. The number of aryl methyl sites for hydroxylation is 13. The van der Waals surface area contributed by atoms with Crippen molar-refractivity contribution in [3.8, 4) is 89.1 Å². The Morgan fingerprint density at radius 1 is 0.352 bits per heavy atom. The van der Waals surface area contributed by atoms with Crippen LogP contribution in [0.2, 0.25) is 0 Å². The average molecular weight is 1430 g/mol. The van der Waals surface area contributed by atoms with Gasteiger partial charge in [-0.15, -0.1) is 0 Å². The molecular weight excluding hydrogens is 1340 g/mol. The molecule has 0 atom stereocenters. The molecule has 19 nitrogen and oxygen atoms in total. The second-order valence-corrected chi connectivity index (χ2v) is 30.4. The number of nitrogens with one attached hydrogen (secondary N) is 4. The second kappa shape index (κ2) is 26.7. The Kier molecular flexibility index (Phi) is 16.8. The summed E-state index contributed by atoms with van der Waals surface area (Å²) in [6.45, 7) is 24.4. The smallest absolute Gasteiger partial charge is 0.141 e. The van der Waals surface area contributed by atoms with Gasteiger partial charge in [-0.2, -0.15) is 0 Å². The van der Waals surface area contributed by atoms with Gasteiger partial charge in [0.2, 0.25) is 0 Å². The highest BCUT2D eigenvalue weighted by Crippen LogP contribution is 2.48. The van der Waals surface area contributed by atoms with Crippen molar-refractivity contribution in [1.82, 2.24) is 75.0 Å². The van der Waals surface area contributed by atoms with Crippen molar-refractivity contribution < 1.29 is 18.1 Å². The highest BCUT2D eigenvalue weighted by Gasteiger charge is 2.33. The third-order valence-corrected chi connectivity index (χ3v) is 22.1. The molecule has 4 N–H and O–H groups in total. The molecule has 11 heterocycles. The molecule has 19 heteroatoms. The zero-order valence-electron chi connectivity index (χ0n) is 63.2. The molecule has 0 spiro atoms.